The lowest BCUT2D eigenvalue weighted by atomic mass is 9.99. The van der Waals surface area contributed by atoms with Gasteiger partial charge in [0, 0.05) is 4.47 Å². The second kappa shape index (κ2) is 7.20. The molecular weight excluding hydrogens is 378 g/mol. The maximum absolute atomic E-state index is 12.3. The molecule has 1 N–H and O–H groups in total. The molecule has 1 saturated carbocycles. The third-order valence-corrected chi connectivity index (χ3v) is 5.13. The molecule has 132 valence electrons. The largest absolute Gasteiger partial charge is 0.444 e. The molecule has 3 unspecified atom stereocenters. The minimum Gasteiger partial charge on any atom is -0.444 e. The first-order valence-electron chi connectivity index (χ1n) is 8.64. The number of benzene rings is 2. The van der Waals surface area contributed by atoms with Crippen molar-refractivity contribution >= 4 is 22.0 Å². The Hall–Kier alpha value is -1.81. The van der Waals surface area contributed by atoms with Crippen LogP contribution in [0, 0.1) is 5.92 Å². The number of hydrogen-bond donors (Lipinski definition) is 1. The number of amides is 1. The van der Waals surface area contributed by atoms with Gasteiger partial charge >= 0.3 is 6.09 Å². The monoisotopic (exact) mass is 401 g/mol. The first kappa shape index (κ1) is 18.0. The van der Waals surface area contributed by atoms with E-state index < -0.39 is 5.60 Å². The predicted molar refractivity (Wildman–Crippen MR) is 104 cm³/mol. The molecule has 0 radical (unpaired) electrons. The summed E-state index contributed by atoms with van der Waals surface area (Å²) < 4.78 is 6.60. The lowest BCUT2D eigenvalue weighted by Gasteiger charge is -2.24. The van der Waals surface area contributed by atoms with Crippen molar-refractivity contribution in [1.82, 2.24) is 5.32 Å². The van der Waals surface area contributed by atoms with Crippen molar-refractivity contribution in [3.05, 3.63) is 70.2 Å². The summed E-state index contributed by atoms with van der Waals surface area (Å²) in [5.41, 5.74) is 1.92. The molecule has 0 aromatic heterocycles. The smallest absolute Gasteiger partial charge is 0.408 e. The first-order chi connectivity index (χ1) is 11.8. The van der Waals surface area contributed by atoms with Crippen LogP contribution in [0.2, 0.25) is 0 Å². The summed E-state index contributed by atoms with van der Waals surface area (Å²) in [7, 11) is 0. The van der Waals surface area contributed by atoms with Crippen molar-refractivity contribution in [1.29, 1.82) is 0 Å². The zero-order valence-electron chi connectivity index (χ0n) is 14.8. The van der Waals surface area contributed by atoms with E-state index in [0.717, 1.165) is 16.5 Å². The molecule has 1 aliphatic rings. The highest BCUT2D eigenvalue weighted by Crippen LogP contribution is 2.55. The molecule has 25 heavy (non-hydrogen) atoms. The Bertz CT molecular complexity index is 739. The van der Waals surface area contributed by atoms with Crippen molar-refractivity contribution in [2.75, 3.05) is 0 Å². The van der Waals surface area contributed by atoms with Crippen molar-refractivity contribution in [3.8, 4) is 0 Å². The van der Waals surface area contributed by atoms with Gasteiger partial charge in [-0.05, 0) is 56.2 Å². The molecule has 3 atom stereocenters. The van der Waals surface area contributed by atoms with E-state index in [1.807, 2.05) is 45.0 Å². The second-order valence-electron chi connectivity index (χ2n) is 7.56. The summed E-state index contributed by atoms with van der Waals surface area (Å²) >= 11 is 3.65. The molecule has 3 rings (SSSR count). The predicted octanol–water partition coefficient (Wildman–Crippen LogP) is 5.82. The molecule has 2 aromatic carbocycles. The van der Waals surface area contributed by atoms with E-state index in [1.54, 1.807) is 0 Å². The molecule has 0 heterocycles. The van der Waals surface area contributed by atoms with Crippen LogP contribution < -0.4 is 5.32 Å². The maximum Gasteiger partial charge on any atom is 0.408 e. The standard InChI is InChI=1S/C21H24BrNO2/c1-21(2,3)25-20(24)23-19(14-9-5-4-6-10-14)17-13-16(17)15-11-7-8-12-18(15)22/h4-12,16-17,19H,13H2,1-3H3,(H,23,24). The number of carbonyl (C=O) groups is 1. The SMILES string of the molecule is CC(C)(C)OC(=O)NC(c1ccccc1)C1CC1c1ccccc1Br. The molecule has 0 aliphatic heterocycles. The first-order valence-corrected chi connectivity index (χ1v) is 9.43. The summed E-state index contributed by atoms with van der Waals surface area (Å²) in [4.78, 5) is 12.3. The van der Waals surface area contributed by atoms with Gasteiger partial charge in [-0.1, -0.05) is 64.5 Å². The summed E-state index contributed by atoms with van der Waals surface area (Å²) in [6.45, 7) is 5.64. The number of hydrogen-bond acceptors (Lipinski definition) is 2. The topological polar surface area (TPSA) is 38.3 Å². The van der Waals surface area contributed by atoms with Crippen molar-refractivity contribution < 1.29 is 9.53 Å². The fraction of sp³-hybridized carbons (Fsp3) is 0.381. The van der Waals surface area contributed by atoms with Crippen LogP contribution in [0.5, 0.6) is 0 Å². The van der Waals surface area contributed by atoms with Crippen LogP contribution in [0.4, 0.5) is 4.79 Å². The van der Waals surface area contributed by atoms with Crippen molar-refractivity contribution in [2.45, 2.75) is 44.8 Å². The average Bonchev–Trinajstić information content (AvgIpc) is 3.32. The summed E-state index contributed by atoms with van der Waals surface area (Å²) in [5.74, 6) is 0.810. The lowest BCUT2D eigenvalue weighted by Crippen LogP contribution is -2.36. The number of alkyl carbamates (subject to hydrolysis) is 1. The fourth-order valence-electron chi connectivity index (χ4n) is 3.25. The Morgan fingerprint density at radius 2 is 1.76 bits per heavy atom. The number of carbonyl (C=O) groups excluding carboxylic acids is 1. The van der Waals surface area contributed by atoms with Gasteiger partial charge in [0.15, 0.2) is 0 Å². The van der Waals surface area contributed by atoms with E-state index in [9.17, 15) is 4.79 Å². The molecule has 4 heteroatoms. The van der Waals surface area contributed by atoms with Crippen LogP contribution in [-0.4, -0.2) is 11.7 Å². The number of nitrogens with one attached hydrogen (secondary N) is 1. The Balaban J connectivity index is 1.79. The Labute approximate surface area is 157 Å². The third kappa shape index (κ3) is 4.63. The Morgan fingerprint density at radius 3 is 2.40 bits per heavy atom. The highest BCUT2D eigenvalue weighted by Gasteiger charge is 2.46. The number of rotatable bonds is 4. The van der Waals surface area contributed by atoms with Gasteiger partial charge in [0.25, 0.3) is 0 Å². The van der Waals surface area contributed by atoms with Crippen LogP contribution in [0.3, 0.4) is 0 Å². The van der Waals surface area contributed by atoms with Crippen molar-refractivity contribution in [2.24, 2.45) is 5.92 Å². The van der Waals surface area contributed by atoms with E-state index in [2.05, 4.69) is 51.6 Å². The summed E-state index contributed by atoms with van der Waals surface area (Å²) in [5, 5.41) is 3.09. The van der Waals surface area contributed by atoms with Gasteiger partial charge in [-0.25, -0.2) is 4.79 Å². The van der Waals surface area contributed by atoms with Gasteiger partial charge in [-0.2, -0.15) is 0 Å². The highest BCUT2D eigenvalue weighted by atomic mass is 79.9. The van der Waals surface area contributed by atoms with Gasteiger partial charge in [0.1, 0.15) is 5.60 Å². The number of halogens is 1. The van der Waals surface area contributed by atoms with Gasteiger partial charge in [0.2, 0.25) is 0 Å². The molecule has 3 nitrogen and oxygen atoms in total. The molecule has 1 fully saturated rings. The maximum atomic E-state index is 12.3. The van der Waals surface area contributed by atoms with E-state index in [1.165, 1.54) is 5.56 Å². The minimum absolute atomic E-state index is 0.0480. The van der Waals surface area contributed by atoms with Gasteiger partial charge in [0.05, 0.1) is 6.04 Å². The van der Waals surface area contributed by atoms with Gasteiger partial charge < -0.3 is 10.1 Å². The van der Waals surface area contributed by atoms with Crippen LogP contribution in [0.15, 0.2) is 59.1 Å². The molecule has 1 aliphatic carbocycles. The van der Waals surface area contributed by atoms with Gasteiger partial charge in [-0.3, -0.25) is 0 Å². The fourth-order valence-corrected chi connectivity index (χ4v) is 3.83. The average molecular weight is 402 g/mol. The molecule has 0 bridgehead atoms. The van der Waals surface area contributed by atoms with Crippen LogP contribution in [0.25, 0.3) is 0 Å². The summed E-state index contributed by atoms with van der Waals surface area (Å²) in [6.07, 6.45) is 0.692. The van der Waals surface area contributed by atoms with Crippen molar-refractivity contribution in [3.63, 3.8) is 0 Å². The zero-order chi connectivity index (χ0) is 18.0. The lowest BCUT2D eigenvalue weighted by molar-refractivity contribution is 0.0496. The minimum atomic E-state index is -0.503. The summed E-state index contributed by atoms with van der Waals surface area (Å²) in [6, 6.07) is 18.4. The molecule has 0 spiro atoms. The molecule has 0 saturated heterocycles. The zero-order valence-corrected chi connectivity index (χ0v) is 16.4. The van der Waals surface area contributed by atoms with Crippen LogP contribution >= 0.6 is 15.9 Å². The Morgan fingerprint density at radius 1 is 1.12 bits per heavy atom. The number of ether oxygens (including phenoxy) is 1. The van der Waals surface area contributed by atoms with E-state index in [-0.39, 0.29) is 12.1 Å². The molecule has 2 aromatic rings. The Kier molecular flexibility index (Phi) is 5.19. The quantitative estimate of drug-likeness (QED) is 0.700. The van der Waals surface area contributed by atoms with E-state index in [4.69, 9.17) is 4.74 Å². The third-order valence-electron chi connectivity index (χ3n) is 4.40. The van der Waals surface area contributed by atoms with Gasteiger partial charge in [-0.15, -0.1) is 0 Å². The van der Waals surface area contributed by atoms with Crippen LogP contribution in [-0.2, 0) is 4.74 Å². The van der Waals surface area contributed by atoms with E-state index >= 15 is 0 Å². The second-order valence-corrected chi connectivity index (χ2v) is 8.42. The highest BCUT2D eigenvalue weighted by molar-refractivity contribution is 9.10. The molecular formula is C21H24BrNO2. The van der Waals surface area contributed by atoms with E-state index in [0.29, 0.717) is 11.8 Å². The molecule has 1 amide bonds. The normalized spacial score (nSPS) is 20.6. The van der Waals surface area contributed by atoms with Crippen LogP contribution in [0.1, 0.15) is 50.3 Å².